The van der Waals surface area contributed by atoms with E-state index in [0.29, 0.717) is 18.0 Å². The first-order valence-corrected chi connectivity index (χ1v) is 14.0. The van der Waals surface area contributed by atoms with Gasteiger partial charge < -0.3 is 15.0 Å². The zero-order valence-electron chi connectivity index (χ0n) is 20.9. The van der Waals surface area contributed by atoms with E-state index in [-0.39, 0.29) is 17.3 Å². The summed E-state index contributed by atoms with van der Waals surface area (Å²) in [6.45, 7) is 3.57. The van der Waals surface area contributed by atoms with Crippen LogP contribution in [0.2, 0.25) is 0 Å². The Labute approximate surface area is 226 Å². The number of benzene rings is 3. The fraction of sp³-hybridized carbons (Fsp3) is 0.259. The predicted molar refractivity (Wildman–Crippen MR) is 147 cm³/mol. The first kappa shape index (κ1) is 28.2. The number of rotatable bonds is 11. The van der Waals surface area contributed by atoms with Crippen LogP contribution in [-0.4, -0.2) is 51.4 Å². The average Bonchev–Trinajstić information content (AvgIpc) is 2.91. The number of hydrogen-bond acceptors (Lipinski definition) is 5. The highest BCUT2D eigenvalue weighted by Crippen LogP contribution is 2.27. The summed E-state index contributed by atoms with van der Waals surface area (Å²) in [6, 6.07) is 21.1. The molecule has 10 heteroatoms. The lowest BCUT2D eigenvalue weighted by atomic mass is 10.1. The quantitative estimate of drug-likeness (QED) is 0.362. The van der Waals surface area contributed by atoms with E-state index in [2.05, 4.69) is 21.2 Å². The van der Waals surface area contributed by atoms with E-state index in [1.54, 1.807) is 43.3 Å². The van der Waals surface area contributed by atoms with Crippen LogP contribution in [0.3, 0.4) is 0 Å². The summed E-state index contributed by atoms with van der Waals surface area (Å²) in [7, 11) is -2.63. The van der Waals surface area contributed by atoms with E-state index >= 15 is 0 Å². The first-order valence-electron chi connectivity index (χ1n) is 11.7. The Hall–Kier alpha value is -3.37. The van der Waals surface area contributed by atoms with Gasteiger partial charge in [0.2, 0.25) is 11.8 Å². The van der Waals surface area contributed by atoms with E-state index in [4.69, 9.17) is 4.74 Å². The number of amides is 2. The van der Waals surface area contributed by atoms with Gasteiger partial charge in [-0.2, -0.15) is 0 Å². The molecule has 0 aliphatic rings. The van der Waals surface area contributed by atoms with Gasteiger partial charge in [-0.1, -0.05) is 46.3 Å². The molecule has 0 aromatic heterocycles. The number of hydrogen-bond donors (Lipinski definition) is 1. The Morgan fingerprint density at radius 2 is 1.59 bits per heavy atom. The molecule has 0 saturated carbocycles. The molecule has 37 heavy (non-hydrogen) atoms. The Morgan fingerprint density at radius 1 is 0.973 bits per heavy atom. The topological polar surface area (TPSA) is 96.0 Å². The summed E-state index contributed by atoms with van der Waals surface area (Å²) in [6.07, 6.45) is 0. The van der Waals surface area contributed by atoms with Crippen molar-refractivity contribution in [3.05, 3.63) is 88.9 Å². The minimum absolute atomic E-state index is 0.0337. The zero-order valence-corrected chi connectivity index (χ0v) is 23.3. The van der Waals surface area contributed by atoms with Crippen LogP contribution < -0.4 is 14.4 Å². The summed E-state index contributed by atoms with van der Waals surface area (Å²) < 4.78 is 34.8. The van der Waals surface area contributed by atoms with Crippen molar-refractivity contribution < 1.29 is 22.7 Å². The van der Waals surface area contributed by atoms with Gasteiger partial charge in [-0.15, -0.1) is 0 Å². The molecule has 0 fully saturated rings. The predicted octanol–water partition coefficient (Wildman–Crippen LogP) is 4.21. The van der Waals surface area contributed by atoms with Gasteiger partial charge in [0.1, 0.15) is 18.3 Å². The smallest absolute Gasteiger partial charge is 0.264 e. The first-order chi connectivity index (χ1) is 17.7. The van der Waals surface area contributed by atoms with E-state index in [9.17, 15) is 18.0 Å². The molecule has 3 aromatic carbocycles. The molecule has 3 rings (SSSR count). The number of halogens is 1. The van der Waals surface area contributed by atoms with Gasteiger partial charge in [0.15, 0.2) is 0 Å². The SMILES string of the molecule is CCOc1ccc(N(CC(=O)N(Cc2ccccc2)[C@H](C)C(=O)NC)S(=O)(=O)c2ccc(Br)cc2)cc1. The standard InChI is InChI=1S/C27H30BrN3O5S/c1-4-36-24-14-12-23(13-15-24)31(37(34,35)25-16-10-22(28)11-17-25)19-26(32)30(20(2)27(33)29-3)18-21-8-6-5-7-9-21/h5-17,20H,4,18-19H2,1-3H3,(H,29,33)/t20-/m1/s1. The second-order valence-corrected chi connectivity index (χ2v) is 11.0. The molecule has 0 spiro atoms. The van der Waals surface area contributed by atoms with E-state index in [0.717, 1.165) is 14.3 Å². The average molecular weight is 589 g/mol. The van der Waals surface area contributed by atoms with E-state index in [1.165, 1.54) is 24.1 Å². The molecular formula is C27H30BrN3O5S. The van der Waals surface area contributed by atoms with Crippen molar-refractivity contribution >= 4 is 43.5 Å². The largest absolute Gasteiger partial charge is 0.494 e. The lowest BCUT2D eigenvalue weighted by Gasteiger charge is -2.31. The van der Waals surface area contributed by atoms with Gasteiger partial charge in [0, 0.05) is 18.1 Å². The summed E-state index contributed by atoms with van der Waals surface area (Å²) in [4.78, 5) is 27.6. The van der Waals surface area contributed by atoms with Gasteiger partial charge in [-0.3, -0.25) is 13.9 Å². The minimum atomic E-state index is -4.13. The molecule has 0 aliphatic carbocycles. The molecule has 8 nitrogen and oxygen atoms in total. The molecule has 1 atom stereocenters. The van der Waals surface area contributed by atoms with Gasteiger partial charge >= 0.3 is 0 Å². The third-order valence-corrected chi connectivity index (χ3v) is 8.04. The van der Waals surface area contributed by atoms with Crippen molar-refractivity contribution in [1.29, 1.82) is 0 Å². The monoisotopic (exact) mass is 587 g/mol. The molecule has 0 unspecified atom stereocenters. The highest BCUT2D eigenvalue weighted by molar-refractivity contribution is 9.10. The molecule has 1 N–H and O–H groups in total. The van der Waals surface area contributed by atoms with E-state index in [1.807, 2.05) is 37.3 Å². The summed E-state index contributed by atoms with van der Waals surface area (Å²) in [5, 5.41) is 2.57. The third-order valence-electron chi connectivity index (χ3n) is 5.73. The number of nitrogens with zero attached hydrogens (tertiary/aromatic N) is 2. The van der Waals surface area contributed by atoms with Crippen LogP contribution in [0.15, 0.2) is 88.2 Å². The van der Waals surface area contributed by atoms with Crippen LogP contribution in [0.25, 0.3) is 0 Å². The number of likely N-dealkylation sites (N-methyl/N-ethyl adjacent to an activating group) is 1. The Balaban J connectivity index is 2.02. The summed E-state index contributed by atoms with van der Waals surface area (Å²) in [5.74, 6) is -0.292. The number of anilines is 1. The van der Waals surface area contributed by atoms with Crippen molar-refractivity contribution in [1.82, 2.24) is 10.2 Å². The van der Waals surface area contributed by atoms with Crippen molar-refractivity contribution in [2.75, 3.05) is 24.5 Å². The maximum atomic E-state index is 13.8. The maximum absolute atomic E-state index is 13.8. The highest BCUT2D eigenvalue weighted by atomic mass is 79.9. The van der Waals surface area contributed by atoms with Gasteiger partial charge in [-0.25, -0.2) is 8.42 Å². The van der Waals surface area contributed by atoms with Gasteiger partial charge in [-0.05, 0) is 67.9 Å². The van der Waals surface area contributed by atoms with E-state index < -0.39 is 28.5 Å². The molecule has 0 saturated heterocycles. The molecular weight excluding hydrogens is 558 g/mol. The number of carbonyl (C=O) groups excluding carboxylic acids is 2. The Morgan fingerprint density at radius 3 is 2.16 bits per heavy atom. The van der Waals surface area contributed by atoms with Crippen LogP contribution in [0.4, 0.5) is 5.69 Å². The van der Waals surface area contributed by atoms with Crippen molar-refractivity contribution in [2.45, 2.75) is 31.3 Å². The van der Waals surface area contributed by atoms with Crippen LogP contribution in [0, 0.1) is 0 Å². The lowest BCUT2D eigenvalue weighted by Crippen LogP contribution is -2.50. The molecule has 3 aromatic rings. The van der Waals surface area contributed by atoms with Crippen LogP contribution in [0.5, 0.6) is 5.75 Å². The van der Waals surface area contributed by atoms with Gasteiger partial charge in [0.05, 0.1) is 17.2 Å². The molecule has 0 radical (unpaired) electrons. The van der Waals surface area contributed by atoms with Crippen LogP contribution in [0.1, 0.15) is 19.4 Å². The molecule has 2 amide bonds. The van der Waals surface area contributed by atoms with Crippen molar-refractivity contribution in [2.24, 2.45) is 0 Å². The number of nitrogens with one attached hydrogen (secondary N) is 1. The molecule has 0 aliphatic heterocycles. The van der Waals surface area contributed by atoms with Crippen LogP contribution >= 0.6 is 15.9 Å². The molecule has 0 heterocycles. The number of carbonyl (C=O) groups is 2. The Kier molecular flexibility index (Phi) is 9.71. The third kappa shape index (κ3) is 7.11. The fourth-order valence-electron chi connectivity index (χ4n) is 3.71. The summed E-state index contributed by atoms with van der Waals surface area (Å²) >= 11 is 3.32. The van der Waals surface area contributed by atoms with Gasteiger partial charge in [0.25, 0.3) is 10.0 Å². The maximum Gasteiger partial charge on any atom is 0.264 e. The zero-order chi connectivity index (χ0) is 27.0. The Bertz CT molecular complexity index is 1300. The molecule has 0 bridgehead atoms. The number of ether oxygens (including phenoxy) is 1. The second kappa shape index (κ2) is 12.7. The summed E-state index contributed by atoms with van der Waals surface area (Å²) in [5.41, 5.74) is 1.11. The lowest BCUT2D eigenvalue weighted by molar-refractivity contribution is -0.139. The van der Waals surface area contributed by atoms with Crippen LogP contribution in [-0.2, 0) is 26.2 Å². The van der Waals surface area contributed by atoms with Crippen molar-refractivity contribution in [3.8, 4) is 5.75 Å². The minimum Gasteiger partial charge on any atom is -0.494 e. The van der Waals surface area contributed by atoms with Crippen molar-refractivity contribution in [3.63, 3.8) is 0 Å². The number of sulfonamides is 1. The fourth-order valence-corrected chi connectivity index (χ4v) is 5.39. The normalized spacial score (nSPS) is 11.9. The second-order valence-electron chi connectivity index (χ2n) is 8.19. The highest BCUT2D eigenvalue weighted by Gasteiger charge is 2.32. The molecule has 196 valence electrons.